The van der Waals surface area contributed by atoms with Crippen LogP contribution in [0.3, 0.4) is 0 Å². The van der Waals surface area contributed by atoms with Crippen LogP contribution in [-0.2, 0) is 0 Å². The summed E-state index contributed by atoms with van der Waals surface area (Å²) in [4.78, 5) is 2.24. The minimum atomic E-state index is 0.120. The molecule has 0 aliphatic rings. The lowest BCUT2D eigenvalue weighted by Gasteiger charge is -2.21. The van der Waals surface area contributed by atoms with Gasteiger partial charge in [0.1, 0.15) is 5.84 Å². The maximum atomic E-state index is 8.41. The summed E-state index contributed by atoms with van der Waals surface area (Å²) in [5, 5.41) is 11.4. The van der Waals surface area contributed by atoms with E-state index in [1.165, 1.54) is 0 Å². The van der Waals surface area contributed by atoms with Crippen LogP contribution in [0, 0.1) is 5.92 Å². The highest BCUT2D eigenvalue weighted by atomic mass is 16.4. The van der Waals surface area contributed by atoms with Crippen LogP contribution >= 0.6 is 0 Å². The van der Waals surface area contributed by atoms with Crippen LogP contribution in [-0.4, -0.2) is 35.6 Å². The molecule has 0 amide bonds. The van der Waals surface area contributed by atoms with Crippen molar-refractivity contribution in [3.8, 4) is 0 Å². The summed E-state index contributed by atoms with van der Waals surface area (Å²) >= 11 is 0. The van der Waals surface area contributed by atoms with Gasteiger partial charge in [0.15, 0.2) is 0 Å². The van der Waals surface area contributed by atoms with Crippen LogP contribution in [0.4, 0.5) is 0 Å². The predicted molar refractivity (Wildman–Crippen MR) is 50.4 cm³/mol. The van der Waals surface area contributed by atoms with Gasteiger partial charge in [0.05, 0.1) is 0 Å². The molecule has 0 aromatic rings. The largest absolute Gasteiger partial charge is 0.409 e. The van der Waals surface area contributed by atoms with Gasteiger partial charge in [-0.1, -0.05) is 25.9 Å². The first-order chi connectivity index (χ1) is 5.65. The Morgan fingerprint density at radius 1 is 1.50 bits per heavy atom. The fraction of sp³-hybridized carbons (Fsp3) is 0.875. The zero-order chi connectivity index (χ0) is 9.56. The first kappa shape index (κ1) is 11.2. The van der Waals surface area contributed by atoms with E-state index >= 15 is 0 Å². The molecule has 0 aromatic heterocycles. The highest BCUT2D eigenvalue weighted by molar-refractivity contribution is 5.82. The molecule has 0 saturated heterocycles. The van der Waals surface area contributed by atoms with E-state index in [2.05, 4.69) is 23.9 Å². The molecule has 0 spiro atoms. The van der Waals surface area contributed by atoms with Gasteiger partial charge in [0.25, 0.3) is 0 Å². The Bertz CT molecular complexity index is 143. The first-order valence-corrected chi connectivity index (χ1v) is 4.35. The molecule has 1 unspecified atom stereocenters. The summed E-state index contributed by atoms with van der Waals surface area (Å²) in [5.41, 5.74) is 5.45. The van der Waals surface area contributed by atoms with Crippen LogP contribution < -0.4 is 5.73 Å². The number of hydrogen-bond acceptors (Lipinski definition) is 3. The lowest BCUT2D eigenvalue weighted by atomic mass is 10.1. The zero-order valence-electron chi connectivity index (χ0n) is 8.12. The van der Waals surface area contributed by atoms with Gasteiger partial charge in [0.2, 0.25) is 0 Å². The van der Waals surface area contributed by atoms with Crippen molar-refractivity contribution in [1.29, 1.82) is 0 Å². The molecule has 0 aliphatic carbocycles. The topological polar surface area (TPSA) is 61.8 Å². The fourth-order valence-corrected chi connectivity index (χ4v) is 1.06. The summed E-state index contributed by atoms with van der Waals surface area (Å²) in [6.07, 6.45) is 0. The lowest BCUT2D eigenvalue weighted by molar-refractivity contribution is 0.276. The standard InChI is InChI=1S/C8H19N3O/c1-4-11(5-2)6-7(3)8(9)10-12/h7,12H,4-6H2,1-3H3,(H2,9,10). The second kappa shape index (κ2) is 5.83. The summed E-state index contributed by atoms with van der Waals surface area (Å²) < 4.78 is 0. The van der Waals surface area contributed by atoms with Gasteiger partial charge in [0, 0.05) is 12.5 Å². The summed E-state index contributed by atoms with van der Waals surface area (Å²) in [5.74, 6) is 0.428. The molecular weight excluding hydrogens is 154 g/mol. The molecule has 72 valence electrons. The van der Waals surface area contributed by atoms with E-state index < -0.39 is 0 Å². The number of amidine groups is 1. The Morgan fingerprint density at radius 2 is 2.00 bits per heavy atom. The van der Waals surface area contributed by atoms with E-state index in [1.54, 1.807) is 0 Å². The third-order valence-electron chi connectivity index (χ3n) is 2.05. The molecule has 0 fully saturated rings. The van der Waals surface area contributed by atoms with Gasteiger partial charge in [-0.3, -0.25) is 0 Å². The molecule has 0 heterocycles. The van der Waals surface area contributed by atoms with Crippen molar-refractivity contribution in [2.24, 2.45) is 16.8 Å². The highest BCUT2D eigenvalue weighted by Crippen LogP contribution is 1.99. The number of rotatable bonds is 5. The maximum absolute atomic E-state index is 8.41. The second-order valence-electron chi connectivity index (χ2n) is 2.91. The average molecular weight is 173 g/mol. The number of nitrogens with two attached hydrogens (primary N) is 1. The van der Waals surface area contributed by atoms with E-state index in [4.69, 9.17) is 10.9 Å². The minimum Gasteiger partial charge on any atom is -0.409 e. The summed E-state index contributed by atoms with van der Waals surface area (Å²) in [6.45, 7) is 9.00. The van der Waals surface area contributed by atoms with Crippen molar-refractivity contribution in [1.82, 2.24) is 4.90 Å². The third kappa shape index (κ3) is 3.57. The van der Waals surface area contributed by atoms with E-state index in [0.29, 0.717) is 5.84 Å². The average Bonchev–Trinajstić information content (AvgIpc) is 2.12. The van der Waals surface area contributed by atoms with E-state index in [1.807, 2.05) is 6.92 Å². The molecule has 3 N–H and O–H groups in total. The fourth-order valence-electron chi connectivity index (χ4n) is 1.06. The smallest absolute Gasteiger partial charge is 0.143 e. The van der Waals surface area contributed by atoms with Gasteiger partial charge in [-0.2, -0.15) is 0 Å². The molecule has 0 bridgehead atoms. The second-order valence-corrected chi connectivity index (χ2v) is 2.91. The van der Waals surface area contributed by atoms with Gasteiger partial charge in [-0.15, -0.1) is 0 Å². The van der Waals surface area contributed by atoms with Gasteiger partial charge in [-0.05, 0) is 13.1 Å². The van der Waals surface area contributed by atoms with Crippen LogP contribution in [0.15, 0.2) is 5.16 Å². The van der Waals surface area contributed by atoms with E-state index in [0.717, 1.165) is 19.6 Å². The van der Waals surface area contributed by atoms with Gasteiger partial charge in [-0.25, -0.2) is 0 Å². The zero-order valence-corrected chi connectivity index (χ0v) is 8.12. The molecular formula is C8H19N3O. The van der Waals surface area contributed by atoms with Crippen LogP contribution in [0.2, 0.25) is 0 Å². The van der Waals surface area contributed by atoms with Crippen molar-refractivity contribution in [2.75, 3.05) is 19.6 Å². The molecule has 0 saturated carbocycles. The van der Waals surface area contributed by atoms with Gasteiger partial charge >= 0.3 is 0 Å². The Labute approximate surface area is 74.0 Å². The number of nitrogens with zero attached hydrogens (tertiary/aromatic N) is 2. The van der Waals surface area contributed by atoms with Crippen molar-refractivity contribution < 1.29 is 5.21 Å². The molecule has 0 rings (SSSR count). The maximum Gasteiger partial charge on any atom is 0.143 e. The summed E-state index contributed by atoms with van der Waals surface area (Å²) in [7, 11) is 0. The first-order valence-electron chi connectivity index (χ1n) is 4.35. The molecule has 0 aliphatic heterocycles. The molecule has 1 atom stereocenters. The minimum absolute atomic E-state index is 0.120. The normalized spacial score (nSPS) is 15.2. The molecule has 0 radical (unpaired) electrons. The molecule has 4 nitrogen and oxygen atoms in total. The van der Waals surface area contributed by atoms with Crippen LogP contribution in [0.5, 0.6) is 0 Å². The Morgan fingerprint density at radius 3 is 2.33 bits per heavy atom. The van der Waals surface area contributed by atoms with Crippen LogP contribution in [0.1, 0.15) is 20.8 Å². The highest BCUT2D eigenvalue weighted by Gasteiger charge is 2.10. The van der Waals surface area contributed by atoms with Crippen molar-refractivity contribution in [3.05, 3.63) is 0 Å². The van der Waals surface area contributed by atoms with Crippen molar-refractivity contribution >= 4 is 5.84 Å². The predicted octanol–water partition coefficient (Wildman–Crippen LogP) is 0.711. The van der Waals surface area contributed by atoms with Crippen molar-refractivity contribution in [3.63, 3.8) is 0 Å². The van der Waals surface area contributed by atoms with Crippen molar-refractivity contribution in [2.45, 2.75) is 20.8 Å². The van der Waals surface area contributed by atoms with E-state index in [-0.39, 0.29) is 5.92 Å². The number of oxime groups is 1. The van der Waals surface area contributed by atoms with Gasteiger partial charge < -0.3 is 15.8 Å². The Kier molecular flexibility index (Phi) is 5.45. The Hall–Kier alpha value is -0.770. The third-order valence-corrected chi connectivity index (χ3v) is 2.05. The molecule has 12 heavy (non-hydrogen) atoms. The molecule has 4 heteroatoms. The summed E-state index contributed by atoms with van der Waals surface area (Å²) in [6, 6.07) is 0. The SMILES string of the molecule is CCN(CC)CC(C)/C(N)=N/O. The number of hydrogen-bond donors (Lipinski definition) is 2. The lowest BCUT2D eigenvalue weighted by Crippen LogP contribution is -2.34. The Balaban J connectivity index is 3.89. The van der Waals surface area contributed by atoms with Crippen LogP contribution in [0.25, 0.3) is 0 Å². The van der Waals surface area contributed by atoms with E-state index in [9.17, 15) is 0 Å². The molecule has 0 aromatic carbocycles. The monoisotopic (exact) mass is 173 g/mol. The quantitative estimate of drug-likeness (QED) is 0.278.